The molecule has 252 valence electrons. The summed E-state index contributed by atoms with van der Waals surface area (Å²) < 4.78 is 16.5. The topological polar surface area (TPSA) is 67.0 Å². The van der Waals surface area contributed by atoms with Crippen LogP contribution in [0.25, 0.3) is 45.1 Å². The van der Waals surface area contributed by atoms with Crippen molar-refractivity contribution in [3.8, 4) is 23.0 Å². The van der Waals surface area contributed by atoms with Crippen LogP contribution >= 0.6 is 0 Å². The van der Waals surface area contributed by atoms with Crippen molar-refractivity contribution in [3.05, 3.63) is 66.7 Å². The average molecular weight is 733 g/mol. The van der Waals surface area contributed by atoms with Gasteiger partial charge in [0.1, 0.15) is 11.4 Å². The van der Waals surface area contributed by atoms with Gasteiger partial charge in [-0.15, -0.1) is 0 Å². The molecule has 7 nitrogen and oxygen atoms in total. The molecule has 0 N–H and O–H groups in total. The van der Waals surface area contributed by atoms with E-state index in [1.165, 1.54) is 38.5 Å². The number of ether oxygens (including phenoxy) is 2. The van der Waals surface area contributed by atoms with Crippen molar-refractivity contribution in [1.82, 2.24) is 24.1 Å². The first-order valence-corrected chi connectivity index (χ1v) is 15.8. The molecular formula is C35H45Cl3CoN5O2. The molecule has 46 heavy (non-hydrogen) atoms. The van der Waals surface area contributed by atoms with Crippen molar-refractivity contribution in [2.45, 2.75) is 78.3 Å². The molecule has 0 saturated heterocycles. The molecule has 0 saturated carbocycles. The maximum absolute atomic E-state index is 6.02. The summed E-state index contributed by atoms with van der Waals surface area (Å²) in [6, 6.07) is 22.7. The fraction of sp³-hybridized carbons (Fsp3) is 0.457. The van der Waals surface area contributed by atoms with Gasteiger partial charge in [-0.25, -0.2) is 15.0 Å². The summed E-state index contributed by atoms with van der Waals surface area (Å²) in [5.41, 5.74) is 5.78. The van der Waals surface area contributed by atoms with Crippen molar-refractivity contribution < 1.29 is 63.5 Å². The Labute approximate surface area is 302 Å². The number of hydrogen-bond acceptors (Lipinski definition) is 5. The summed E-state index contributed by atoms with van der Waals surface area (Å²) in [5.74, 6) is 1.71. The van der Waals surface area contributed by atoms with Crippen molar-refractivity contribution in [1.29, 1.82) is 0 Å². The van der Waals surface area contributed by atoms with Gasteiger partial charge in [0.2, 0.25) is 0 Å². The van der Waals surface area contributed by atoms with E-state index in [4.69, 9.17) is 24.4 Å². The molecule has 5 aromatic rings. The van der Waals surface area contributed by atoms with Crippen molar-refractivity contribution >= 4 is 22.1 Å². The molecular weight excluding hydrogens is 688 g/mol. The van der Waals surface area contributed by atoms with Gasteiger partial charge in [-0.2, -0.15) is 0 Å². The zero-order chi connectivity index (χ0) is 29.0. The third kappa shape index (κ3) is 10.9. The smallest absolute Gasteiger partial charge is 1.00 e. The molecule has 11 heteroatoms. The molecule has 0 fully saturated rings. The van der Waals surface area contributed by atoms with Crippen LogP contribution in [-0.2, 0) is 39.3 Å². The van der Waals surface area contributed by atoms with Crippen molar-refractivity contribution in [3.63, 3.8) is 0 Å². The fourth-order valence-electron chi connectivity index (χ4n) is 5.46. The maximum atomic E-state index is 6.02. The summed E-state index contributed by atoms with van der Waals surface area (Å²) >= 11 is 0. The molecule has 2 aromatic carbocycles. The minimum atomic E-state index is 0. The third-order valence-corrected chi connectivity index (χ3v) is 7.72. The van der Waals surface area contributed by atoms with Gasteiger partial charge in [0.25, 0.3) is 0 Å². The van der Waals surface area contributed by atoms with Gasteiger partial charge in [-0.05, 0) is 49.2 Å². The fourth-order valence-corrected chi connectivity index (χ4v) is 5.46. The molecule has 0 aliphatic carbocycles. The van der Waals surface area contributed by atoms with E-state index in [2.05, 4.69) is 65.4 Å². The van der Waals surface area contributed by atoms with Gasteiger partial charge in [-0.3, -0.25) is 0 Å². The van der Waals surface area contributed by atoms with E-state index in [1.807, 2.05) is 24.3 Å². The van der Waals surface area contributed by atoms with E-state index >= 15 is 0 Å². The van der Waals surface area contributed by atoms with E-state index in [0.29, 0.717) is 13.2 Å². The third-order valence-electron chi connectivity index (χ3n) is 7.72. The van der Waals surface area contributed by atoms with Crippen molar-refractivity contribution in [2.75, 3.05) is 26.4 Å². The number of rotatable bonds is 18. The number of halogens is 3. The second-order valence-electron chi connectivity index (χ2n) is 10.9. The van der Waals surface area contributed by atoms with Crippen LogP contribution in [0.5, 0.6) is 0 Å². The summed E-state index contributed by atoms with van der Waals surface area (Å²) in [5, 5.41) is 0. The van der Waals surface area contributed by atoms with E-state index in [0.717, 1.165) is 84.2 Å². The first-order chi connectivity index (χ1) is 20.8. The Morgan fingerprint density at radius 3 is 1.37 bits per heavy atom. The predicted molar refractivity (Wildman–Crippen MR) is 172 cm³/mol. The van der Waals surface area contributed by atoms with Gasteiger partial charge < -0.3 is 55.8 Å². The van der Waals surface area contributed by atoms with E-state index in [9.17, 15) is 0 Å². The number of hydrogen-bond donors (Lipinski definition) is 0. The van der Waals surface area contributed by atoms with E-state index in [-0.39, 0.29) is 54.0 Å². The molecule has 0 amide bonds. The van der Waals surface area contributed by atoms with Crippen molar-refractivity contribution in [2.24, 2.45) is 0 Å². The molecule has 0 bridgehead atoms. The molecule has 0 atom stereocenters. The standard InChI is InChI=1S/C35H45N5O2.3ClH.Co/c1-3-5-7-13-24-41-26-22-39-32-20-11-9-16-28(32)37-34(39)30-18-15-19-31(36-30)35-38-29-17-10-12-21-33(29)40(35)23-27-42-25-14-8-6-4-2;;;;/h9-12,15-21H,3-8,13-14,22-27H2,1-2H3;3*1H;/q;;;;+3/p-3. The minimum absolute atomic E-state index is 0. The van der Waals surface area contributed by atoms with Crippen LogP contribution in [0.1, 0.15) is 65.2 Å². The molecule has 0 unspecified atom stereocenters. The van der Waals surface area contributed by atoms with E-state index in [1.54, 1.807) is 0 Å². The van der Waals surface area contributed by atoms with Gasteiger partial charge in [0.15, 0.2) is 11.6 Å². The average Bonchev–Trinajstić information content (AvgIpc) is 3.59. The zero-order valence-corrected chi connectivity index (χ0v) is 30.1. The maximum Gasteiger partial charge on any atom is 3.00 e. The first kappa shape index (κ1) is 41.8. The minimum Gasteiger partial charge on any atom is -1.00 e. The molecule has 5 rings (SSSR count). The Morgan fingerprint density at radius 2 is 0.935 bits per heavy atom. The Hall–Kier alpha value is -2.17. The number of nitrogens with zero attached hydrogens (tertiary/aromatic N) is 5. The van der Waals surface area contributed by atoms with Crippen LogP contribution in [0, 0.1) is 0 Å². The number of benzene rings is 2. The van der Waals surface area contributed by atoms with Crippen LogP contribution in [0.3, 0.4) is 0 Å². The van der Waals surface area contributed by atoms with Gasteiger partial charge in [0, 0.05) is 26.3 Å². The summed E-state index contributed by atoms with van der Waals surface area (Å²) in [4.78, 5) is 15.2. The van der Waals surface area contributed by atoms with Gasteiger partial charge in [-0.1, -0.05) is 82.7 Å². The number of aromatic nitrogens is 5. The van der Waals surface area contributed by atoms with E-state index < -0.39 is 0 Å². The quantitative estimate of drug-likeness (QED) is 0.112. The Morgan fingerprint density at radius 1 is 0.500 bits per heavy atom. The Kier molecular flexibility index (Phi) is 20.4. The van der Waals surface area contributed by atoms with Gasteiger partial charge >= 0.3 is 16.8 Å². The van der Waals surface area contributed by atoms with Gasteiger partial charge in [0.05, 0.1) is 35.3 Å². The predicted octanol–water partition coefficient (Wildman–Crippen LogP) is -0.682. The number of fused-ring (bicyclic) bond motifs is 2. The number of para-hydroxylation sites is 4. The normalized spacial score (nSPS) is 10.7. The number of unbranched alkanes of at least 4 members (excludes halogenated alkanes) is 6. The monoisotopic (exact) mass is 731 g/mol. The van der Waals surface area contributed by atoms with Crippen LogP contribution < -0.4 is 37.2 Å². The van der Waals surface area contributed by atoms with Crippen LogP contribution in [0.4, 0.5) is 0 Å². The number of imidazole rings is 2. The number of pyridine rings is 1. The molecule has 3 aromatic heterocycles. The SMILES string of the molecule is CCCCCCOCCn1c(-c2cccc(-c3nc4ccccc4n3CCOCCCCCC)n2)nc2ccccc21.[Cl-].[Cl-].[Cl-].[Co+3]. The molecule has 0 radical (unpaired) electrons. The first-order valence-electron chi connectivity index (χ1n) is 15.8. The second kappa shape index (κ2) is 22.4. The van der Waals surface area contributed by atoms with Crippen LogP contribution in [0.2, 0.25) is 0 Å². The molecule has 3 heterocycles. The second-order valence-corrected chi connectivity index (χ2v) is 10.9. The molecule has 0 aliphatic heterocycles. The largest absolute Gasteiger partial charge is 3.00 e. The Bertz CT molecular complexity index is 1450. The van der Waals surface area contributed by atoms with Crippen LogP contribution in [0.15, 0.2) is 66.7 Å². The molecule has 0 aliphatic rings. The summed E-state index contributed by atoms with van der Waals surface area (Å²) in [7, 11) is 0. The zero-order valence-electron chi connectivity index (χ0n) is 26.8. The summed E-state index contributed by atoms with van der Waals surface area (Å²) in [6.07, 6.45) is 9.67. The molecule has 0 spiro atoms. The summed E-state index contributed by atoms with van der Waals surface area (Å²) in [6.45, 7) is 8.81. The van der Waals surface area contributed by atoms with Crippen LogP contribution in [-0.4, -0.2) is 50.5 Å². The Balaban J connectivity index is 0.00000264.